The van der Waals surface area contributed by atoms with Crippen molar-refractivity contribution < 1.29 is 18.3 Å². The number of aliphatic carboxylic acids is 1. The van der Waals surface area contributed by atoms with Gasteiger partial charge in [-0.05, 0) is 26.4 Å². The van der Waals surface area contributed by atoms with E-state index in [9.17, 15) is 13.2 Å². The Morgan fingerprint density at radius 1 is 1.39 bits per heavy atom. The third kappa shape index (κ3) is 4.22. The highest BCUT2D eigenvalue weighted by atomic mass is 32.2. The van der Waals surface area contributed by atoms with Crippen LogP contribution in [-0.4, -0.2) is 67.2 Å². The van der Waals surface area contributed by atoms with Gasteiger partial charge in [-0.15, -0.1) is 0 Å². The summed E-state index contributed by atoms with van der Waals surface area (Å²) in [6.45, 7) is 4.04. The van der Waals surface area contributed by atoms with Crippen LogP contribution < -0.4 is 0 Å². The third-order valence-corrected chi connectivity index (χ3v) is 5.17. The van der Waals surface area contributed by atoms with Crippen LogP contribution in [0.4, 0.5) is 0 Å². The molecule has 106 valence electrons. The van der Waals surface area contributed by atoms with Crippen molar-refractivity contribution >= 4 is 16.0 Å². The largest absolute Gasteiger partial charge is 0.481 e. The second-order valence-corrected chi connectivity index (χ2v) is 6.79. The van der Waals surface area contributed by atoms with Gasteiger partial charge in [0.05, 0.1) is 12.2 Å². The molecule has 6 nitrogen and oxygen atoms in total. The Kier molecular flexibility index (Phi) is 5.55. The molecule has 1 fully saturated rings. The highest BCUT2D eigenvalue weighted by molar-refractivity contribution is 7.89. The lowest BCUT2D eigenvalue weighted by molar-refractivity contribution is -0.136. The molecule has 1 rings (SSSR count). The molecule has 0 aromatic carbocycles. The van der Waals surface area contributed by atoms with E-state index in [2.05, 4.69) is 4.90 Å². The molecule has 1 aliphatic heterocycles. The van der Waals surface area contributed by atoms with E-state index >= 15 is 0 Å². The molecule has 7 heteroatoms. The fourth-order valence-electron chi connectivity index (χ4n) is 2.25. The summed E-state index contributed by atoms with van der Waals surface area (Å²) in [6.07, 6.45) is 1.21. The van der Waals surface area contributed by atoms with Crippen LogP contribution in [0.5, 0.6) is 0 Å². The van der Waals surface area contributed by atoms with Crippen molar-refractivity contribution in [3.05, 3.63) is 0 Å². The van der Waals surface area contributed by atoms with Crippen molar-refractivity contribution in [2.75, 3.05) is 32.4 Å². The molecule has 1 atom stereocenters. The lowest BCUT2D eigenvalue weighted by atomic mass is 10.2. The van der Waals surface area contributed by atoms with Crippen molar-refractivity contribution in [2.45, 2.75) is 32.2 Å². The van der Waals surface area contributed by atoms with Gasteiger partial charge in [-0.3, -0.25) is 4.79 Å². The molecule has 0 spiro atoms. The van der Waals surface area contributed by atoms with Crippen molar-refractivity contribution in [3.8, 4) is 0 Å². The first kappa shape index (κ1) is 15.4. The Labute approximate surface area is 109 Å². The summed E-state index contributed by atoms with van der Waals surface area (Å²) in [5.41, 5.74) is 0. The van der Waals surface area contributed by atoms with Gasteiger partial charge in [0.25, 0.3) is 0 Å². The Hall–Kier alpha value is -0.660. The highest BCUT2D eigenvalue weighted by Crippen LogP contribution is 2.17. The number of carboxylic acids is 1. The molecular formula is C11H22N2O4S. The van der Waals surface area contributed by atoms with E-state index in [-0.39, 0.29) is 18.2 Å². The molecule has 0 radical (unpaired) electrons. The zero-order chi connectivity index (χ0) is 13.8. The molecule has 1 saturated heterocycles. The Morgan fingerprint density at radius 3 is 2.61 bits per heavy atom. The average molecular weight is 278 g/mol. The number of hydrogen-bond acceptors (Lipinski definition) is 4. The maximum atomic E-state index is 12.2. The standard InChI is InChI=1S/C11H22N2O4S/c1-3-10-9-12(2)6-4-7-13(10)18(16,17)8-5-11(14)15/h10H,3-9H2,1-2H3,(H,14,15). The number of hydrogen-bond donors (Lipinski definition) is 1. The number of nitrogens with zero attached hydrogens (tertiary/aromatic N) is 2. The molecule has 18 heavy (non-hydrogen) atoms. The zero-order valence-corrected chi connectivity index (χ0v) is 11.8. The predicted octanol–water partition coefficient (Wildman–Crippen LogP) is 0.207. The van der Waals surface area contributed by atoms with Crippen LogP contribution >= 0.6 is 0 Å². The zero-order valence-electron chi connectivity index (χ0n) is 11.0. The normalized spacial score (nSPS) is 23.8. The van der Waals surface area contributed by atoms with E-state index in [1.807, 2.05) is 14.0 Å². The smallest absolute Gasteiger partial charge is 0.304 e. The molecule has 0 aromatic heterocycles. The van der Waals surface area contributed by atoms with Crippen molar-refractivity contribution in [1.29, 1.82) is 0 Å². The minimum Gasteiger partial charge on any atom is -0.481 e. The molecule has 0 bridgehead atoms. The van der Waals surface area contributed by atoms with Crippen LogP contribution in [0.3, 0.4) is 0 Å². The highest BCUT2D eigenvalue weighted by Gasteiger charge is 2.31. The molecule has 1 N–H and O–H groups in total. The summed E-state index contributed by atoms with van der Waals surface area (Å²) in [7, 11) is -1.48. The summed E-state index contributed by atoms with van der Waals surface area (Å²) < 4.78 is 25.8. The third-order valence-electron chi connectivity index (χ3n) is 3.25. The summed E-state index contributed by atoms with van der Waals surface area (Å²) in [6, 6.07) is -0.0451. The van der Waals surface area contributed by atoms with Crippen molar-refractivity contribution in [1.82, 2.24) is 9.21 Å². The number of carboxylic acid groups (broad SMARTS) is 1. The van der Waals surface area contributed by atoms with Gasteiger partial charge in [0.2, 0.25) is 10.0 Å². The fraction of sp³-hybridized carbons (Fsp3) is 0.909. The van der Waals surface area contributed by atoms with Crippen LogP contribution in [0.1, 0.15) is 26.2 Å². The lowest BCUT2D eigenvalue weighted by Crippen LogP contribution is -2.44. The molecule has 0 aromatic rings. The minimum absolute atomic E-state index is 0.0451. The number of rotatable bonds is 5. The van der Waals surface area contributed by atoms with E-state index in [0.29, 0.717) is 13.1 Å². The maximum absolute atomic E-state index is 12.2. The van der Waals surface area contributed by atoms with Gasteiger partial charge in [-0.25, -0.2) is 8.42 Å². The van der Waals surface area contributed by atoms with Crippen molar-refractivity contribution in [3.63, 3.8) is 0 Å². The molecule has 1 unspecified atom stereocenters. The number of carbonyl (C=O) groups is 1. The first-order chi connectivity index (χ1) is 8.36. The summed E-state index contributed by atoms with van der Waals surface area (Å²) in [4.78, 5) is 12.6. The second kappa shape index (κ2) is 6.49. The topological polar surface area (TPSA) is 77.9 Å². The van der Waals surface area contributed by atoms with Crippen LogP contribution in [0, 0.1) is 0 Å². The Balaban J connectivity index is 2.79. The monoisotopic (exact) mass is 278 g/mol. The van der Waals surface area contributed by atoms with Gasteiger partial charge < -0.3 is 10.0 Å². The van der Waals surface area contributed by atoms with E-state index in [4.69, 9.17) is 5.11 Å². The van der Waals surface area contributed by atoms with Crippen LogP contribution in [0.2, 0.25) is 0 Å². The molecular weight excluding hydrogens is 256 g/mol. The molecule has 0 amide bonds. The summed E-state index contributed by atoms with van der Waals surface area (Å²) in [5, 5.41) is 8.60. The molecule has 1 heterocycles. The first-order valence-electron chi connectivity index (χ1n) is 6.26. The van der Waals surface area contributed by atoms with E-state index < -0.39 is 16.0 Å². The van der Waals surface area contributed by atoms with Gasteiger partial charge in [0, 0.05) is 19.1 Å². The minimum atomic E-state index is -3.46. The number of sulfonamides is 1. The van der Waals surface area contributed by atoms with E-state index in [0.717, 1.165) is 19.4 Å². The van der Waals surface area contributed by atoms with Gasteiger partial charge >= 0.3 is 5.97 Å². The van der Waals surface area contributed by atoms with Gasteiger partial charge in [0.1, 0.15) is 0 Å². The van der Waals surface area contributed by atoms with Crippen molar-refractivity contribution in [2.24, 2.45) is 0 Å². The summed E-state index contributed by atoms with van der Waals surface area (Å²) in [5.74, 6) is -1.37. The molecule has 0 aliphatic carbocycles. The Bertz CT molecular complexity index is 383. The number of likely N-dealkylation sites (N-methyl/N-ethyl adjacent to an activating group) is 1. The van der Waals surface area contributed by atoms with Gasteiger partial charge in [-0.1, -0.05) is 6.92 Å². The SMILES string of the molecule is CCC1CN(C)CCCN1S(=O)(=O)CCC(=O)O. The quantitative estimate of drug-likeness (QED) is 0.777. The van der Waals surface area contributed by atoms with Crippen LogP contribution in [0.15, 0.2) is 0 Å². The molecule has 0 saturated carbocycles. The fourth-order valence-corrected chi connectivity index (χ4v) is 4.00. The maximum Gasteiger partial charge on any atom is 0.304 e. The second-order valence-electron chi connectivity index (χ2n) is 4.75. The Morgan fingerprint density at radius 2 is 2.06 bits per heavy atom. The summed E-state index contributed by atoms with van der Waals surface area (Å²) >= 11 is 0. The van der Waals surface area contributed by atoms with Gasteiger partial charge in [-0.2, -0.15) is 4.31 Å². The first-order valence-corrected chi connectivity index (χ1v) is 7.87. The van der Waals surface area contributed by atoms with Gasteiger partial charge in [0.15, 0.2) is 0 Å². The molecule has 1 aliphatic rings. The lowest BCUT2D eigenvalue weighted by Gasteiger charge is -2.29. The van der Waals surface area contributed by atoms with E-state index in [1.165, 1.54) is 4.31 Å². The predicted molar refractivity (Wildman–Crippen MR) is 68.9 cm³/mol. The van der Waals surface area contributed by atoms with Crippen LogP contribution in [0.25, 0.3) is 0 Å². The van der Waals surface area contributed by atoms with E-state index in [1.54, 1.807) is 0 Å². The average Bonchev–Trinajstić information content (AvgIpc) is 2.48. The van der Waals surface area contributed by atoms with Crippen LogP contribution in [-0.2, 0) is 14.8 Å².